The highest BCUT2D eigenvalue weighted by Gasteiger charge is 2.35. The Labute approximate surface area is 243 Å². The molecule has 3 aliphatic heterocycles. The first-order valence-electron chi connectivity index (χ1n) is 14.6. The van der Waals surface area contributed by atoms with Crippen molar-refractivity contribution in [3.05, 3.63) is 77.7 Å². The molecule has 2 saturated heterocycles. The summed E-state index contributed by atoms with van der Waals surface area (Å²) in [6.07, 6.45) is 4.55. The van der Waals surface area contributed by atoms with Crippen molar-refractivity contribution >= 4 is 38.4 Å². The number of β-amino-alcohol motifs (C(OH)–C–C–N with tert-alkyl or cyclic N) is 1. The lowest BCUT2D eigenvalue weighted by Crippen LogP contribution is -2.56. The molecule has 10 heteroatoms. The van der Waals surface area contributed by atoms with Gasteiger partial charge in [-0.1, -0.05) is 47.7 Å². The third kappa shape index (κ3) is 5.51. The molecule has 4 aromatic rings. The summed E-state index contributed by atoms with van der Waals surface area (Å²) in [6, 6.07) is 18.9. The normalized spacial score (nSPS) is 22.1. The van der Waals surface area contributed by atoms with Crippen LogP contribution in [0.4, 0.5) is 10.9 Å². The smallest absolute Gasteiger partial charge is 0.272 e. The van der Waals surface area contributed by atoms with Gasteiger partial charge in [0.2, 0.25) is 0 Å². The number of thiazole rings is 1. The predicted octanol–water partition coefficient (Wildman–Crippen LogP) is 3.80. The molecule has 0 bridgehead atoms. The molecule has 41 heavy (non-hydrogen) atoms. The van der Waals surface area contributed by atoms with Crippen molar-refractivity contribution < 1.29 is 9.90 Å². The molecule has 0 radical (unpaired) electrons. The molecular formula is C31H35N7O2S. The first kappa shape index (κ1) is 26.3. The maximum absolute atomic E-state index is 13.4. The van der Waals surface area contributed by atoms with Crippen LogP contribution in [0, 0.1) is 0 Å². The molecular weight excluding hydrogens is 534 g/mol. The SMILES string of the molecule is O=C(c1cc(NC2CCN(c3nc4ccccc4s3)CC2)ncn1)N1CC[C@@H](N2CCc3ccccc3C2)[C@H](O)C1. The van der Waals surface area contributed by atoms with Crippen molar-refractivity contribution in [2.45, 2.75) is 50.4 Å². The van der Waals surface area contributed by atoms with E-state index in [0.29, 0.717) is 24.6 Å². The highest BCUT2D eigenvalue weighted by Crippen LogP contribution is 2.31. The molecule has 2 aromatic carbocycles. The Balaban J connectivity index is 0.935. The van der Waals surface area contributed by atoms with Gasteiger partial charge in [0.05, 0.1) is 16.3 Å². The summed E-state index contributed by atoms with van der Waals surface area (Å²) >= 11 is 1.74. The van der Waals surface area contributed by atoms with Gasteiger partial charge < -0.3 is 20.2 Å². The zero-order valence-corrected chi connectivity index (χ0v) is 23.8. The van der Waals surface area contributed by atoms with E-state index in [1.54, 1.807) is 22.3 Å². The zero-order chi connectivity index (χ0) is 27.8. The molecule has 1 amide bonds. The van der Waals surface area contributed by atoms with Crippen molar-refractivity contribution in [1.82, 2.24) is 24.8 Å². The minimum atomic E-state index is -0.585. The number of rotatable bonds is 5. The van der Waals surface area contributed by atoms with E-state index in [9.17, 15) is 9.90 Å². The van der Waals surface area contributed by atoms with Crippen LogP contribution in [-0.4, -0.2) is 86.7 Å². The summed E-state index contributed by atoms with van der Waals surface area (Å²) in [5, 5.41) is 15.7. The van der Waals surface area contributed by atoms with Crippen molar-refractivity contribution in [3.63, 3.8) is 0 Å². The zero-order valence-electron chi connectivity index (χ0n) is 23.0. The van der Waals surface area contributed by atoms with Gasteiger partial charge in [0, 0.05) is 57.4 Å². The van der Waals surface area contributed by atoms with E-state index in [-0.39, 0.29) is 18.0 Å². The van der Waals surface area contributed by atoms with Gasteiger partial charge in [-0.05, 0) is 48.9 Å². The number of likely N-dealkylation sites (tertiary alicyclic amines) is 1. The third-order valence-electron chi connectivity index (χ3n) is 8.75. The number of amides is 1. The number of fused-ring (bicyclic) bond motifs is 2. The highest BCUT2D eigenvalue weighted by molar-refractivity contribution is 7.22. The maximum atomic E-state index is 13.4. The minimum absolute atomic E-state index is 0.0589. The van der Waals surface area contributed by atoms with Crippen LogP contribution in [0.1, 0.15) is 40.9 Å². The number of carbonyl (C=O) groups is 1. The summed E-state index contributed by atoms with van der Waals surface area (Å²) in [5.41, 5.74) is 4.16. The average molecular weight is 570 g/mol. The van der Waals surface area contributed by atoms with Crippen LogP contribution in [-0.2, 0) is 13.0 Å². The lowest BCUT2D eigenvalue weighted by atomic mass is 9.94. The molecule has 0 aliphatic carbocycles. The van der Waals surface area contributed by atoms with E-state index < -0.39 is 6.10 Å². The summed E-state index contributed by atoms with van der Waals surface area (Å²) in [7, 11) is 0. The Hall–Kier alpha value is -3.60. The van der Waals surface area contributed by atoms with Crippen molar-refractivity contribution in [1.29, 1.82) is 0 Å². The second-order valence-electron chi connectivity index (χ2n) is 11.3. The number of nitrogens with zero attached hydrogens (tertiary/aromatic N) is 6. The van der Waals surface area contributed by atoms with Gasteiger partial charge >= 0.3 is 0 Å². The summed E-state index contributed by atoms with van der Waals surface area (Å²) < 4.78 is 1.22. The van der Waals surface area contributed by atoms with Crippen LogP contribution in [0.15, 0.2) is 60.9 Å². The van der Waals surface area contributed by atoms with E-state index in [2.05, 4.69) is 67.5 Å². The van der Waals surface area contributed by atoms with E-state index >= 15 is 0 Å². The Morgan fingerprint density at radius 3 is 2.59 bits per heavy atom. The summed E-state index contributed by atoms with van der Waals surface area (Å²) in [4.78, 5) is 33.4. The number of aliphatic hydroxyl groups excluding tert-OH is 1. The van der Waals surface area contributed by atoms with Crippen LogP contribution < -0.4 is 10.2 Å². The molecule has 7 rings (SSSR count). The number of piperidine rings is 2. The number of hydrogen-bond donors (Lipinski definition) is 2. The van der Waals surface area contributed by atoms with Gasteiger partial charge in [-0.25, -0.2) is 15.0 Å². The summed E-state index contributed by atoms with van der Waals surface area (Å²) in [5.74, 6) is 0.520. The number of para-hydroxylation sites is 1. The van der Waals surface area contributed by atoms with Gasteiger partial charge in [0.15, 0.2) is 5.13 Å². The molecule has 5 heterocycles. The summed E-state index contributed by atoms with van der Waals surface area (Å²) in [6.45, 7) is 4.56. The van der Waals surface area contributed by atoms with Gasteiger partial charge in [-0.15, -0.1) is 0 Å². The van der Waals surface area contributed by atoms with E-state index in [1.165, 1.54) is 22.2 Å². The number of aliphatic hydroxyl groups is 1. The third-order valence-corrected chi connectivity index (χ3v) is 9.85. The molecule has 2 fully saturated rings. The van der Waals surface area contributed by atoms with Gasteiger partial charge in [0.25, 0.3) is 5.91 Å². The number of nitrogens with one attached hydrogen (secondary N) is 1. The van der Waals surface area contributed by atoms with E-state index in [1.807, 2.05) is 6.07 Å². The van der Waals surface area contributed by atoms with Gasteiger partial charge in [-0.2, -0.15) is 0 Å². The molecule has 9 nitrogen and oxygen atoms in total. The van der Waals surface area contributed by atoms with Gasteiger partial charge in [-0.3, -0.25) is 9.69 Å². The fraction of sp³-hybridized carbons (Fsp3) is 0.419. The molecule has 0 saturated carbocycles. The lowest BCUT2D eigenvalue weighted by Gasteiger charge is -2.43. The minimum Gasteiger partial charge on any atom is -0.390 e. The first-order chi connectivity index (χ1) is 20.1. The topological polar surface area (TPSA) is 97.7 Å². The number of hydrogen-bond acceptors (Lipinski definition) is 9. The second kappa shape index (κ2) is 11.3. The second-order valence-corrected chi connectivity index (χ2v) is 12.3. The van der Waals surface area contributed by atoms with Crippen LogP contribution in [0.25, 0.3) is 10.2 Å². The number of anilines is 2. The molecule has 212 valence electrons. The van der Waals surface area contributed by atoms with Crippen LogP contribution in [0.2, 0.25) is 0 Å². The van der Waals surface area contributed by atoms with Gasteiger partial charge in [0.1, 0.15) is 17.8 Å². The molecule has 2 atom stereocenters. The van der Waals surface area contributed by atoms with Crippen LogP contribution in [0.5, 0.6) is 0 Å². The fourth-order valence-corrected chi connectivity index (χ4v) is 7.48. The molecule has 3 aliphatic rings. The molecule has 2 aromatic heterocycles. The lowest BCUT2D eigenvalue weighted by molar-refractivity contribution is -0.0139. The number of carbonyl (C=O) groups excluding carboxylic acids is 1. The largest absolute Gasteiger partial charge is 0.390 e. The average Bonchev–Trinajstić information content (AvgIpc) is 3.45. The van der Waals surface area contributed by atoms with E-state index in [0.717, 1.165) is 62.5 Å². The standard InChI is InChI=1S/C31H35N7O2S/c39-27-19-38(16-12-26(27)37-13-9-21-5-1-2-6-22(21)18-37)30(40)25-17-29(33-20-32-25)34-23-10-14-36(15-11-23)31-35-24-7-3-4-8-28(24)41-31/h1-8,17,20,23,26-27,39H,9-16,18-19H2,(H,32,33,34)/t26-,27-/m1/s1. The van der Waals surface area contributed by atoms with Crippen molar-refractivity contribution in [3.8, 4) is 0 Å². The molecule has 0 spiro atoms. The Morgan fingerprint density at radius 2 is 1.76 bits per heavy atom. The maximum Gasteiger partial charge on any atom is 0.272 e. The molecule has 2 N–H and O–H groups in total. The van der Waals surface area contributed by atoms with E-state index in [4.69, 9.17) is 4.98 Å². The number of benzene rings is 2. The fourth-order valence-electron chi connectivity index (χ4n) is 6.47. The van der Waals surface area contributed by atoms with Crippen molar-refractivity contribution in [2.75, 3.05) is 42.9 Å². The Morgan fingerprint density at radius 1 is 0.951 bits per heavy atom. The monoisotopic (exact) mass is 569 g/mol. The predicted molar refractivity (Wildman–Crippen MR) is 161 cm³/mol. The van der Waals surface area contributed by atoms with Crippen LogP contribution >= 0.6 is 11.3 Å². The Kier molecular flexibility index (Phi) is 7.28. The van der Waals surface area contributed by atoms with Crippen molar-refractivity contribution in [2.24, 2.45) is 0 Å². The quantitative estimate of drug-likeness (QED) is 0.375. The highest BCUT2D eigenvalue weighted by atomic mass is 32.1. The van der Waals surface area contributed by atoms with Crippen LogP contribution in [0.3, 0.4) is 0 Å². The first-order valence-corrected chi connectivity index (χ1v) is 15.4. The Bertz CT molecular complexity index is 1500. The number of aromatic nitrogens is 3. The molecule has 0 unspecified atom stereocenters.